The summed E-state index contributed by atoms with van der Waals surface area (Å²) in [7, 11) is 0. The molecule has 1 aliphatic heterocycles. The maximum atomic E-state index is 12.9. The molecule has 1 saturated heterocycles. The molecule has 4 heterocycles. The molecule has 0 unspecified atom stereocenters. The lowest BCUT2D eigenvalue weighted by atomic mass is 10.0. The molecule has 1 aliphatic rings. The number of fused-ring (bicyclic) bond motifs is 1. The van der Waals surface area contributed by atoms with Crippen molar-refractivity contribution in [2.75, 3.05) is 31.1 Å². The third-order valence-corrected chi connectivity index (χ3v) is 5.97. The molecule has 1 amide bonds. The van der Waals surface area contributed by atoms with Gasteiger partial charge < -0.3 is 14.4 Å². The topological polar surface area (TPSA) is 54.3 Å². The van der Waals surface area contributed by atoms with E-state index in [1.54, 1.807) is 12.4 Å². The number of anilines is 1. The van der Waals surface area contributed by atoms with Crippen molar-refractivity contribution < 1.29 is 4.79 Å². The second-order valence-electron chi connectivity index (χ2n) is 7.61. The van der Waals surface area contributed by atoms with Crippen molar-refractivity contribution in [1.29, 1.82) is 0 Å². The zero-order valence-electron chi connectivity index (χ0n) is 17.0. The van der Waals surface area contributed by atoms with Gasteiger partial charge in [-0.2, -0.15) is 0 Å². The van der Waals surface area contributed by atoms with E-state index in [4.69, 9.17) is 11.6 Å². The average Bonchev–Trinajstić information content (AvgIpc) is 3.22. The molecule has 0 radical (unpaired) electrons. The van der Waals surface area contributed by atoms with Crippen LogP contribution in [-0.2, 0) is 11.3 Å². The van der Waals surface area contributed by atoms with E-state index in [-0.39, 0.29) is 5.91 Å². The minimum Gasteiger partial charge on any atom is -0.367 e. The minimum atomic E-state index is 0.123. The highest BCUT2D eigenvalue weighted by Crippen LogP contribution is 2.31. The molecule has 0 N–H and O–H groups in total. The first kappa shape index (κ1) is 19.6. The molecular weight excluding hydrogens is 410 g/mol. The Kier molecular flexibility index (Phi) is 5.30. The summed E-state index contributed by atoms with van der Waals surface area (Å²) in [5.74, 6) is 0.123. The highest BCUT2D eigenvalue weighted by atomic mass is 35.5. The van der Waals surface area contributed by atoms with Gasteiger partial charge in [-0.15, -0.1) is 0 Å². The van der Waals surface area contributed by atoms with Gasteiger partial charge in [-0.3, -0.25) is 4.79 Å². The van der Waals surface area contributed by atoms with Crippen LogP contribution >= 0.6 is 11.6 Å². The predicted molar refractivity (Wildman–Crippen MR) is 123 cm³/mol. The summed E-state index contributed by atoms with van der Waals surface area (Å²) in [6.45, 7) is 3.27. The number of nitrogens with zero attached hydrogens (tertiary/aromatic N) is 5. The molecule has 5 rings (SSSR count). The van der Waals surface area contributed by atoms with Crippen LogP contribution in [0.25, 0.3) is 22.2 Å². The summed E-state index contributed by atoms with van der Waals surface area (Å²) in [4.78, 5) is 25.8. The third-order valence-electron chi connectivity index (χ3n) is 5.74. The number of carbonyl (C=O) groups excluding carboxylic acids is 1. The van der Waals surface area contributed by atoms with Crippen LogP contribution in [0.5, 0.6) is 0 Å². The van der Waals surface area contributed by atoms with Gasteiger partial charge in [-0.25, -0.2) is 9.97 Å². The zero-order valence-corrected chi connectivity index (χ0v) is 17.7. The number of para-hydroxylation sites is 1. The van der Waals surface area contributed by atoms with E-state index in [0.717, 1.165) is 40.9 Å². The van der Waals surface area contributed by atoms with Gasteiger partial charge >= 0.3 is 0 Å². The largest absolute Gasteiger partial charge is 0.367 e. The fraction of sp³-hybridized carbons (Fsp3) is 0.208. The number of pyridine rings is 2. The van der Waals surface area contributed by atoms with E-state index >= 15 is 0 Å². The number of carbonyl (C=O) groups is 1. The van der Waals surface area contributed by atoms with Crippen LogP contribution in [0.2, 0.25) is 5.15 Å². The first-order chi connectivity index (χ1) is 15.2. The van der Waals surface area contributed by atoms with Crippen molar-refractivity contribution in [2.24, 2.45) is 0 Å². The van der Waals surface area contributed by atoms with Gasteiger partial charge in [0.1, 0.15) is 17.3 Å². The third kappa shape index (κ3) is 3.99. The van der Waals surface area contributed by atoms with Crippen LogP contribution in [0.1, 0.15) is 0 Å². The molecule has 4 aromatic rings. The van der Waals surface area contributed by atoms with Crippen LogP contribution in [0.15, 0.2) is 73.2 Å². The van der Waals surface area contributed by atoms with E-state index in [1.807, 2.05) is 58.1 Å². The lowest BCUT2D eigenvalue weighted by Gasteiger charge is -2.37. The summed E-state index contributed by atoms with van der Waals surface area (Å²) < 4.78 is 1.92. The predicted octanol–water partition coefficient (Wildman–Crippen LogP) is 4.10. The van der Waals surface area contributed by atoms with Crippen molar-refractivity contribution in [3.8, 4) is 11.1 Å². The normalized spacial score (nSPS) is 14.2. The van der Waals surface area contributed by atoms with Gasteiger partial charge in [0.2, 0.25) is 5.91 Å². The van der Waals surface area contributed by atoms with Crippen molar-refractivity contribution in [1.82, 2.24) is 19.4 Å². The number of halogens is 1. The Bertz CT molecular complexity index is 1210. The Morgan fingerprint density at radius 2 is 1.77 bits per heavy atom. The second kappa shape index (κ2) is 8.40. The summed E-state index contributed by atoms with van der Waals surface area (Å²) in [5.41, 5.74) is 4.15. The smallest absolute Gasteiger partial charge is 0.242 e. The zero-order chi connectivity index (χ0) is 21.2. The number of piperazine rings is 1. The molecule has 0 spiro atoms. The van der Waals surface area contributed by atoms with Gasteiger partial charge in [0, 0.05) is 67.0 Å². The number of hydrogen-bond acceptors (Lipinski definition) is 4. The van der Waals surface area contributed by atoms with E-state index in [1.165, 1.54) is 0 Å². The number of rotatable bonds is 4. The van der Waals surface area contributed by atoms with Gasteiger partial charge in [0.15, 0.2) is 0 Å². The Morgan fingerprint density at radius 1 is 0.935 bits per heavy atom. The highest BCUT2D eigenvalue weighted by molar-refractivity contribution is 6.29. The van der Waals surface area contributed by atoms with Gasteiger partial charge in [0.05, 0.1) is 0 Å². The fourth-order valence-electron chi connectivity index (χ4n) is 4.12. The van der Waals surface area contributed by atoms with Crippen LogP contribution < -0.4 is 4.90 Å². The number of hydrogen-bond donors (Lipinski definition) is 0. The van der Waals surface area contributed by atoms with E-state index < -0.39 is 0 Å². The van der Waals surface area contributed by atoms with Gasteiger partial charge in [0.25, 0.3) is 0 Å². The lowest BCUT2D eigenvalue weighted by Crippen LogP contribution is -2.49. The van der Waals surface area contributed by atoms with E-state index in [2.05, 4.69) is 27.0 Å². The Balaban J connectivity index is 1.28. The molecule has 31 heavy (non-hydrogen) atoms. The molecule has 1 fully saturated rings. The highest BCUT2D eigenvalue weighted by Gasteiger charge is 2.23. The van der Waals surface area contributed by atoms with Gasteiger partial charge in [-0.05, 0) is 36.4 Å². The van der Waals surface area contributed by atoms with Crippen molar-refractivity contribution in [3.05, 3.63) is 78.3 Å². The maximum Gasteiger partial charge on any atom is 0.242 e. The fourth-order valence-corrected chi connectivity index (χ4v) is 4.23. The monoisotopic (exact) mass is 431 g/mol. The molecule has 156 valence electrons. The second-order valence-corrected chi connectivity index (χ2v) is 8.00. The number of amides is 1. The lowest BCUT2D eigenvalue weighted by molar-refractivity contribution is -0.132. The molecule has 3 aromatic heterocycles. The molecule has 0 aliphatic carbocycles. The first-order valence-corrected chi connectivity index (χ1v) is 10.7. The molecule has 0 bridgehead atoms. The molecule has 7 heteroatoms. The van der Waals surface area contributed by atoms with Crippen molar-refractivity contribution in [3.63, 3.8) is 0 Å². The molecule has 6 nitrogen and oxygen atoms in total. The summed E-state index contributed by atoms with van der Waals surface area (Å²) >= 11 is 5.95. The molecular formula is C24H22ClN5O. The summed E-state index contributed by atoms with van der Waals surface area (Å²) in [6, 6.07) is 18.0. The standard InChI is InChI=1S/C24H22ClN5O/c25-22-8-7-19(16-27-22)20-5-1-2-6-21(20)28-12-14-29(15-13-28)23(31)17-30-11-9-18-4-3-10-26-24(18)30/h1-11,16H,12-15,17H2. The van der Waals surface area contributed by atoms with Crippen LogP contribution in [0.3, 0.4) is 0 Å². The average molecular weight is 432 g/mol. The van der Waals surface area contributed by atoms with Crippen LogP contribution in [0, 0.1) is 0 Å². The SMILES string of the molecule is O=C(Cn1ccc2cccnc21)N1CCN(c2ccccc2-c2ccc(Cl)nc2)CC1. The summed E-state index contributed by atoms with van der Waals surface area (Å²) in [5, 5.41) is 1.53. The van der Waals surface area contributed by atoms with Gasteiger partial charge in [-0.1, -0.05) is 29.8 Å². The number of aromatic nitrogens is 3. The first-order valence-electron chi connectivity index (χ1n) is 10.3. The van der Waals surface area contributed by atoms with E-state index in [0.29, 0.717) is 24.8 Å². The summed E-state index contributed by atoms with van der Waals surface area (Å²) in [6.07, 6.45) is 5.49. The maximum absolute atomic E-state index is 12.9. The Labute approximate surface area is 185 Å². The van der Waals surface area contributed by atoms with Crippen molar-refractivity contribution in [2.45, 2.75) is 6.54 Å². The van der Waals surface area contributed by atoms with Crippen LogP contribution in [0.4, 0.5) is 5.69 Å². The Morgan fingerprint density at radius 3 is 2.58 bits per heavy atom. The minimum absolute atomic E-state index is 0.123. The molecule has 0 saturated carbocycles. The number of benzene rings is 1. The quantitative estimate of drug-likeness (QED) is 0.456. The van der Waals surface area contributed by atoms with Crippen LogP contribution in [-0.4, -0.2) is 51.5 Å². The molecule has 0 atom stereocenters. The molecule has 1 aromatic carbocycles. The van der Waals surface area contributed by atoms with E-state index in [9.17, 15) is 4.79 Å². The van der Waals surface area contributed by atoms with Crippen molar-refractivity contribution >= 4 is 34.2 Å². The Hall–Kier alpha value is -3.38.